The number of unbranched alkanes of at least 4 members (excludes halogenated alkanes) is 1. The molecule has 2 aromatic rings. The highest BCUT2D eigenvalue weighted by molar-refractivity contribution is 7.92. The molecule has 7 nitrogen and oxygen atoms in total. The summed E-state index contributed by atoms with van der Waals surface area (Å²) in [6.45, 7) is 5.69. The third-order valence-corrected chi connectivity index (χ3v) is 7.25. The molecular weight excluding hydrogens is 497 g/mol. The summed E-state index contributed by atoms with van der Waals surface area (Å²) >= 11 is 12.3. The second kappa shape index (κ2) is 12.4. The zero-order valence-corrected chi connectivity index (χ0v) is 22.2. The minimum atomic E-state index is -3.89. The van der Waals surface area contributed by atoms with E-state index in [-0.39, 0.29) is 28.2 Å². The number of anilines is 1. The van der Waals surface area contributed by atoms with E-state index in [1.54, 1.807) is 13.0 Å². The van der Waals surface area contributed by atoms with Crippen LogP contribution in [-0.2, 0) is 26.2 Å². The molecule has 0 saturated carbocycles. The summed E-state index contributed by atoms with van der Waals surface area (Å²) in [4.78, 5) is 27.7. The number of halogens is 2. The molecule has 0 aliphatic heterocycles. The van der Waals surface area contributed by atoms with Gasteiger partial charge in [-0.25, -0.2) is 8.42 Å². The maximum Gasteiger partial charge on any atom is 0.244 e. The highest BCUT2D eigenvalue weighted by Gasteiger charge is 2.31. The summed E-state index contributed by atoms with van der Waals surface area (Å²) in [5.74, 6) is -0.845. The topological polar surface area (TPSA) is 86.8 Å². The number of benzene rings is 2. The van der Waals surface area contributed by atoms with Gasteiger partial charge in [-0.05, 0) is 38.0 Å². The lowest BCUT2D eigenvalue weighted by molar-refractivity contribution is -0.139. The van der Waals surface area contributed by atoms with Crippen LogP contribution in [0, 0.1) is 6.92 Å². The lowest BCUT2D eigenvalue weighted by Crippen LogP contribution is -2.51. The van der Waals surface area contributed by atoms with Gasteiger partial charge in [0.1, 0.15) is 12.6 Å². The first-order valence-electron chi connectivity index (χ1n) is 11.0. The monoisotopic (exact) mass is 527 g/mol. The molecule has 0 saturated heterocycles. The Morgan fingerprint density at radius 2 is 1.79 bits per heavy atom. The third-order valence-electron chi connectivity index (χ3n) is 5.31. The van der Waals surface area contributed by atoms with Gasteiger partial charge in [0, 0.05) is 13.1 Å². The standard InChI is InChI=1S/C24H31Cl2N3O4S/c1-5-6-13-27-24(31)18(3)28(15-19-10-7-9-17(2)14-19)22(30)16-29(34(4,32)33)21-12-8-11-20(25)23(21)26/h7-12,14,18H,5-6,13,15-16H2,1-4H3,(H,27,31)/t18-/m0/s1. The molecule has 2 aromatic carbocycles. The summed E-state index contributed by atoms with van der Waals surface area (Å²) in [6, 6.07) is 11.3. The van der Waals surface area contributed by atoms with Crippen LogP contribution in [0.5, 0.6) is 0 Å². The van der Waals surface area contributed by atoms with Crippen LogP contribution < -0.4 is 9.62 Å². The predicted molar refractivity (Wildman–Crippen MR) is 138 cm³/mol. The van der Waals surface area contributed by atoms with Gasteiger partial charge in [0.05, 0.1) is 22.0 Å². The van der Waals surface area contributed by atoms with E-state index < -0.39 is 28.5 Å². The number of nitrogens with one attached hydrogen (secondary N) is 1. The Kier molecular flexibility index (Phi) is 10.2. The van der Waals surface area contributed by atoms with E-state index in [1.807, 2.05) is 38.1 Å². The fourth-order valence-corrected chi connectivity index (χ4v) is 4.71. The Morgan fingerprint density at radius 1 is 1.12 bits per heavy atom. The van der Waals surface area contributed by atoms with Crippen molar-refractivity contribution in [3.63, 3.8) is 0 Å². The Labute approximate surface area is 212 Å². The van der Waals surface area contributed by atoms with Crippen LogP contribution in [0.1, 0.15) is 37.8 Å². The number of amides is 2. The molecule has 0 heterocycles. The van der Waals surface area contributed by atoms with Crippen molar-refractivity contribution < 1.29 is 18.0 Å². The van der Waals surface area contributed by atoms with Gasteiger partial charge in [-0.3, -0.25) is 13.9 Å². The summed E-state index contributed by atoms with van der Waals surface area (Å²) in [6.07, 6.45) is 2.73. The lowest BCUT2D eigenvalue weighted by atomic mass is 10.1. The maximum atomic E-state index is 13.5. The second-order valence-electron chi connectivity index (χ2n) is 8.17. The molecule has 0 radical (unpaired) electrons. The van der Waals surface area contributed by atoms with Crippen molar-refractivity contribution in [2.75, 3.05) is 23.7 Å². The van der Waals surface area contributed by atoms with E-state index in [1.165, 1.54) is 17.0 Å². The van der Waals surface area contributed by atoms with Crippen molar-refractivity contribution in [1.29, 1.82) is 0 Å². The molecule has 0 aliphatic carbocycles. The van der Waals surface area contributed by atoms with Crippen LogP contribution in [0.3, 0.4) is 0 Å². The molecule has 2 rings (SSSR count). The van der Waals surface area contributed by atoms with E-state index in [0.29, 0.717) is 6.54 Å². The summed E-state index contributed by atoms with van der Waals surface area (Å²) < 4.78 is 26.1. The van der Waals surface area contributed by atoms with Crippen LogP contribution in [-0.4, -0.2) is 50.5 Å². The van der Waals surface area contributed by atoms with Gasteiger partial charge in [-0.2, -0.15) is 0 Å². The molecule has 0 aliphatic rings. The number of hydrogen-bond acceptors (Lipinski definition) is 4. The van der Waals surface area contributed by atoms with Crippen molar-refractivity contribution in [1.82, 2.24) is 10.2 Å². The molecule has 0 spiro atoms. The molecule has 1 N–H and O–H groups in total. The first kappa shape index (κ1) is 28.0. The van der Waals surface area contributed by atoms with Crippen molar-refractivity contribution in [2.45, 2.75) is 46.2 Å². The van der Waals surface area contributed by atoms with Gasteiger partial charge < -0.3 is 10.2 Å². The molecule has 0 aromatic heterocycles. The molecule has 0 fully saturated rings. The number of rotatable bonds is 11. The van der Waals surface area contributed by atoms with Crippen LogP contribution in [0.15, 0.2) is 42.5 Å². The summed E-state index contributed by atoms with van der Waals surface area (Å²) in [5.41, 5.74) is 1.93. The number of carbonyl (C=O) groups excluding carboxylic acids is 2. The number of sulfonamides is 1. The lowest BCUT2D eigenvalue weighted by Gasteiger charge is -2.31. The number of aryl methyl sites for hydroxylation is 1. The van der Waals surface area contributed by atoms with E-state index >= 15 is 0 Å². The fraction of sp³-hybridized carbons (Fsp3) is 0.417. The van der Waals surface area contributed by atoms with Crippen molar-refractivity contribution in [2.24, 2.45) is 0 Å². The highest BCUT2D eigenvalue weighted by Crippen LogP contribution is 2.33. The van der Waals surface area contributed by atoms with Gasteiger partial charge >= 0.3 is 0 Å². The quantitative estimate of drug-likeness (QED) is 0.438. The van der Waals surface area contributed by atoms with E-state index in [2.05, 4.69) is 5.32 Å². The van der Waals surface area contributed by atoms with Crippen LogP contribution in [0.25, 0.3) is 0 Å². The van der Waals surface area contributed by atoms with Crippen molar-refractivity contribution >= 4 is 50.7 Å². The average Bonchev–Trinajstić information content (AvgIpc) is 2.76. The molecule has 186 valence electrons. The van der Waals surface area contributed by atoms with Gasteiger partial charge in [0.25, 0.3) is 0 Å². The van der Waals surface area contributed by atoms with Crippen molar-refractivity contribution in [3.8, 4) is 0 Å². The van der Waals surface area contributed by atoms with Gasteiger partial charge in [0.2, 0.25) is 21.8 Å². The Hall–Kier alpha value is -2.29. The van der Waals surface area contributed by atoms with Crippen LogP contribution in [0.4, 0.5) is 5.69 Å². The van der Waals surface area contributed by atoms with E-state index in [0.717, 1.165) is 34.5 Å². The smallest absolute Gasteiger partial charge is 0.244 e. The summed E-state index contributed by atoms with van der Waals surface area (Å²) in [5, 5.41) is 3.04. The first-order valence-corrected chi connectivity index (χ1v) is 13.6. The van der Waals surface area contributed by atoms with E-state index in [4.69, 9.17) is 23.2 Å². The van der Waals surface area contributed by atoms with Gasteiger partial charge in [0.15, 0.2) is 0 Å². The zero-order valence-electron chi connectivity index (χ0n) is 19.8. The maximum absolute atomic E-state index is 13.5. The number of carbonyl (C=O) groups is 2. The Bertz CT molecular complexity index is 1120. The normalized spacial score (nSPS) is 12.2. The Balaban J connectivity index is 2.39. The SMILES string of the molecule is CCCCNC(=O)[C@H](C)N(Cc1cccc(C)c1)C(=O)CN(c1cccc(Cl)c1Cl)S(C)(=O)=O. The zero-order chi connectivity index (χ0) is 25.5. The highest BCUT2D eigenvalue weighted by atomic mass is 35.5. The number of nitrogens with zero attached hydrogens (tertiary/aromatic N) is 2. The third kappa shape index (κ3) is 7.61. The fourth-order valence-electron chi connectivity index (χ4n) is 3.41. The van der Waals surface area contributed by atoms with Crippen LogP contribution >= 0.6 is 23.2 Å². The molecule has 0 bridgehead atoms. The summed E-state index contributed by atoms with van der Waals surface area (Å²) in [7, 11) is -3.89. The first-order chi connectivity index (χ1) is 16.0. The molecule has 0 unspecified atom stereocenters. The average molecular weight is 529 g/mol. The Morgan fingerprint density at radius 3 is 2.41 bits per heavy atom. The molecule has 10 heteroatoms. The van der Waals surface area contributed by atoms with E-state index in [9.17, 15) is 18.0 Å². The van der Waals surface area contributed by atoms with Crippen LogP contribution in [0.2, 0.25) is 10.0 Å². The minimum Gasteiger partial charge on any atom is -0.354 e. The molecule has 1 atom stereocenters. The second-order valence-corrected chi connectivity index (χ2v) is 10.9. The minimum absolute atomic E-state index is 0.0259. The molecule has 34 heavy (non-hydrogen) atoms. The molecular formula is C24H31Cl2N3O4S. The van der Waals surface area contributed by atoms with Crippen molar-refractivity contribution in [3.05, 3.63) is 63.6 Å². The largest absolute Gasteiger partial charge is 0.354 e. The predicted octanol–water partition coefficient (Wildman–Crippen LogP) is 4.40. The number of hydrogen-bond donors (Lipinski definition) is 1. The molecule has 2 amide bonds. The van der Waals surface area contributed by atoms with Gasteiger partial charge in [-0.15, -0.1) is 0 Å². The van der Waals surface area contributed by atoms with Gasteiger partial charge in [-0.1, -0.05) is 72.4 Å².